The van der Waals surface area contributed by atoms with Crippen LogP contribution < -0.4 is 4.74 Å². The third-order valence-electron chi connectivity index (χ3n) is 2.69. The summed E-state index contributed by atoms with van der Waals surface area (Å²) < 4.78 is 9.74. The minimum absolute atomic E-state index is 0.259. The van der Waals surface area contributed by atoms with Crippen molar-refractivity contribution in [3.05, 3.63) is 29.8 Å². The lowest BCUT2D eigenvalue weighted by Crippen LogP contribution is -2.42. The van der Waals surface area contributed by atoms with Gasteiger partial charge in [-0.3, -0.25) is 0 Å². The maximum atomic E-state index is 11.6. The molecule has 0 saturated heterocycles. The fourth-order valence-electron chi connectivity index (χ4n) is 1.43. The van der Waals surface area contributed by atoms with Gasteiger partial charge in [-0.25, -0.2) is 4.79 Å². The second kappa shape index (κ2) is 7.81. The molecule has 7 nitrogen and oxygen atoms in total. The van der Waals surface area contributed by atoms with Crippen molar-refractivity contribution in [3.8, 4) is 5.75 Å². The first-order valence-electron chi connectivity index (χ1n) is 5.95. The minimum atomic E-state index is -1.59. The molecule has 20 heavy (non-hydrogen) atoms. The lowest BCUT2D eigenvalue weighted by Gasteiger charge is -2.21. The molecular formula is C13H18O7. The fourth-order valence-corrected chi connectivity index (χ4v) is 1.43. The largest absolute Gasteiger partial charge is 0.497 e. The third kappa shape index (κ3) is 4.46. The van der Waals surface area contributed by atoms with Crippen LogP contribution in [0, 0.1) is 0 Å². The van der Waals surface area contributed by atoms with Gasteiger partial charge in [-0.05, 0) is 24.3 Å². The van der Waals surface area contributed by atoms with Gasteiger partial charge < -0.3 is 29.9 Å². The summed E-state index contributed by atoms with van der Waals surface area (Å²) >= 11 is 0. The van der Waals surface area contributed by atoms with Crippen LogP contribution in [0.15, 0.2) is 24.3 Å². The zero-order valence-corrected chi connectivity index (χ0v) is 11.0. The third-order valence-corrected chi connectivity index (χ3v) is 2.69. The van der Waals surface area contributed by atoms with Gasteiger partial charge >= 0.3 is 5.97 Å². The molecule has 0 radical (unpaired) electrons. The summed E-state index contributed by atoms with van der Waals surface area (Å²) in [6.45, 7) is -1.20. The molecule has 0 amide bonds. The van der Waals surface area contributed by atoms with Crippen molar-refractivity contribution in [2.24, 2.45) is 0 Å². The summed E-state index contributed by atoms with van der Waals surface area (Å²) in [5, 5.41) is 36.6. The number of methoxy groups -OCH3 is 1. The van der Waals surface area contributed by atoms with Gasteiger partial charge in [0.25, 0.3) is 0 Å². The van der Waals surface area contributed by atoms with E-state index in [1.165, 1.54) is 19.2 Å². The van der Waals surface area contributed by atoms with Crippen molar-refractivity contribution < 1.29 is 34.7 Å². The van der Waals surface area contributed by atoms with E-state index < -0.39 is 37.5 Å². The van der Waals surface area contributed by atoms with Gasteiger partial charge in [-0.15, -0.1) is 0 Å². The van der Waals surface area contributed by atoms with Crippen molar-refractivity contribution in [2.75, 3.05) is 20.3 Å². The number of hydrogen-bond acceptors (Lipinski definition) is 7. The summed E-state index contributed by atoms with van der Waals surface area (Å²) in [6, 6.07) is 6.15. The molecule has 0 fully saturated rings. The molecule has 1 aromatic rings. The molecule has 0 saturated carbocycles. The molecule has 1 rings (SSSR count). The van der Waals surface area contributed by atoms with Crippen molar-refractivity contribution in [2.45, 2.75) is 18.3 Å². The standard InChI is InChI=1S/C13H18O7/c1-19-9-4-2-8(3-5-9)13(18)20-7-11(16)12(17)10(15)6-14/h2-5,10-12,14-17H,6-7H2,1H3/t10-,11+,12+/m1/s1. The molecule has 112 valence electrons. The van der Waals surface area contributed by atoms with Crippen LogP contribution in [0.5, 0.6) is 5.75 Å². The average molecular weight is 286 g/mol. The highest BCUT2D eigenvalue weighted by Gasteiger charge is 2.25. The number of hydrogen-bond donors (Lipinski definition) is 4. The Morgan fingerprint density at radius 3 is 2.25 bits per heavy atom. The average Bonchev–Trinajstić information content (AvgIpc) is 2.50. The van der Waals surface area contributed by atoms with Crippen LogP contribution in [0.25, 0.3) is 0 Å². The van der Waals surface area contributed by atoms with E-state index in [4.69, 9.17) is 19.7 Å². The van der Waals surface area contributed by atoms with Gasteiger partial charge in [0, 0.05) is 0 Å². The number of ether oxygens (including phenoxy) is 2. The van der Waals surface area contributed by atoms with E-state index in [0.717, 1.165) is 0 Å². The predicted octanol–water partition coefficient (Wildman–Crippen LogP) is -1.07. The molecular weight excluding hydrogens is 268 g/mol. The van der Waals surface area contributed by atoms with Gasteiger partial charge in [0.2, 0.25) is 0 Å². The van der Waals surface area contributed by atoms with Crippen LogP contribution in [-0.4, -0.2) is 65.0 Å². The molecule has 0 spiro atoms. The summed E-state index contributed by atoms with van der Waals surface area (Å²) in [7, 11) is 1.50. The molecule has 0 aliphatic heterocycles. The number of carbonyl (C=O) groups is 1. The van der Waals surface area contributed by atoms with E-state index in [9.17, 15) is 15.0 Å². The van der Waals surface area contributed by atoms with E-state index in [0.29, 0.717) is 5.75 Å². The minimum Gasteiger partial charge on any atom is -0.497 e. The second-order valence-electron chi connectivity index (χ2n) is 4.13. The maximum Gasteiger partial charge on any atom is 0.338 e. The van der Waals surface area contributed by atoms with Crippen molar-refractivity contribution >= 4 is 5.97 Å². The number of esters is 1. The van der Waals surface area contributed by atoms with Crippen LogP contribution in [0.1, 0.15) is 10.4 Å². The second-order valence-corrected chi connectivity index (χ2v) is 4.13. The normalized spacial score (nSPS) is 15.2. The highest BCUT2D eigenvalue weighted by Crippen LogP contribution is 2.12. The van der Waals surface area contributed by atoms with Crippen LogP contribution in [-0.2, 0) is 4.74 Å². The molecule has 0 bridgehead atoms. The Labute approximate surface area is 116 Å². The summed E-state index contributed by atoms with van der Waals surface area (Å²) in [5.74, 6) is -0.0968. The first-order valence-corrected chi connectivity index (χ1v) is 5.95. The monoisotopic (exact) mass is 286 g/mol. The molecule has 3 atom stereocenters. The highest BCUT2D eigenvalue weighted by molar-refractivity contribution is 5.89. The lowest BCUT2D eigenvalue weighted by atomic mass is 10.1. The van der Waals surface area contributed by atoms with Gasteiger partial charge in [0.05, 0.1) is 19.3 Å². The van der Waals surface area contributed by atoms with E-state index >= 15 is 0 Å². The smallest absolute Gasteiger partial charge is 0.338 e. The molecule has 0 unspecified atom stereocenters. The first-order chi connectivity index (χ1) is 9.49. The van der Waals surface area contributed by atoms with E-state index in [1.54, 1.807) is 12.1 Å². The van der Waals surface area contributed by atoms with Crippen molar-refractivity contribution in [3.63, 3.8) is 0 Å². The molecule has 7 heteroatoms. The number of aliphatic hydroxyl groups is 4. The van der Waals surface area contributed by atoms with Crippen LogP contribution in [0.3, 0.4) is 0 Å². The number of benzene rings is 1. The van der Waals surface area contributed by atoms with E-state index in [1.807, 2.05) is 0 Å². The molecule has 0 aromatic heterocycles. The molecule has 0 aliphatic carbocycles. The summed E-state index contributed by atoms with van der Waals surface area (Å²) in [4.78, 5) is 11.6. The van der Waals surface area contributed by atoms with Crippen LogP contribution >= 0.6 is 0 Å². The number of carbonyl (C=O) groups excluding carboxylic acids is 1. The van der Waals surface area contributed by atoms with Crippen molar-refractivity contribution in [1.29, 1.82) is 0 Å². The maximum absolute atomic E-state index is 11.6. The topological polar surface area (TPSA) is 116 Å². The Balaban J connectivity index is 2.49. The quantitative estimate of drug-likeness (QED) is 0.471. The van der Waals surface area contributed by atoms with Crippen molar-refractivity contribution in [1.82, 2.24) is 0 Å². The Morgan fingerprint density at radius 1 is 1.15 bits per heavy atom. The Bertz CT molecular complexity index is 417. The summed E-state index contributed by atoms with van der Waals surface area (Å²) in [5.41, 5.74) is 0.259. The lowest BCUT2D eigenvalue weighted by molar-refractivity contribution is -0.0925. The van der Waals surface area contributed by atoms with E-state index in [2.05, 4.69) is 0 Å². The number of rotatable bonds is 7. The number of aliphatic hydroxyl groups excluding tert-OH is 4. The zero-order valence-electron chi connectivity index (χ0n) is 11.0. The molecule has 1 aromatic carbocycles. The Kier molecular flexibility index (Phi) is 6.40. The zero-order chi connectivity index (χ0) is 15.1. The molecule has 4 N–H and O–H groups in total. The highest BCUT2D eigenvalue weighted by atomic mass is 16.5. The first kappa shape index (κ1) is 16.4. The van der Waals surface area contributed by atoms with Gasteiger partial charge in [-0.1, -0.05) is 0 Å². The predicted molar refractivity (Wildman–Crippen MR) is 68.4 cm³/mol. The Hall–Kier alpha value is -1.67. The summed E-state index contributed by atoms with van der Waals surface area (Å²) in [6.07, 6.45) is -4.58. The Morgan fingerprint density at radius 2 is 1.75 bits per heavy atom. The molecule has 0 aliphatic rings. The van der Waals surface area contributed by atoms with Crippen LogP contribution in [0.4, 0.5) is 0 Å². The fraction of sp³-hybridized carbons (Fsp3) is 0.462. The molecule has 0 heterocycles. The SMILES string of the molecule is COc1ccc(C(=O)OC[C@H](O)[C@@H](O)[C@H](O)CO)cc1. The van der Waals surface area contributed by atoms with E-state index in [-0.39, 0.29) is 5.56 Å². The van der Waals surface area contributed by atoms with Gasteiger partial charge in [0.1, 0.15) is 30.7 Å². The van der Waals surface area contributed by atoms with Gasteiger partial charge in [0.15, 0.2) is 0 Å². The van der Waals surface area contributed by atoms with Gasteiger partial charge in [-0.2, -0.15) is 0 Å². The van der Waals surface area contributed by atoms with Crippen LogP contribution in [0.2, 0.25) is 0 Å².